The van der Waals surface area contributed by atoms with Crippen LogP contribution in [0.2, 0.25) is 0 Å². The van der Waals surface area contributed by atoms with Crippen molar-refractivity contribution >= 4 is 29.9 Å². The average molecular weight is 377 g/mol. The number of hydrogen-bond acceptors (Lipinski definition) is 1. The van der Waals surface area contributed by atoms with Gasteiger partial charge in [0.1, 0.15) is 5.82 Å². The van der Waals surface area contributed by atoms with Gasteiger partial charge >= 0.3 is 0 Å². The highest BCUT2D eigenvalue weighted by atomic mass is 127. The molecule has 0 aromatic heterocycles. The molecule has 0 bridgehead atoms. The largest absolute Gasteiger partial charge is 0.356 e. The van der Waals surface area contributed by atoms with Crippen LogP contribution in [0.1, 0.15) is 18.4 Å². The summed E-state index contributed by atoms with van der Waals surface area (Å²) in [5, 5.41) is 3.30. The minimum atomic E-state index is -0.129. The van der Waals surface area contributed by atoms with Crippen LogP contribution in [-0.4, -0.2) is 37.5 Å². The summed E-state index contributed by atoms with van der Waals surface area (Å²) in [6.07, 6.45) is 3.14. The van der Waals surface area contributed by atoms with Gasteiger partial charge in [0, 0.05) is 26.7 Å². The molecule has 1 aliphatic heterocycles. The lowest BCUT2D eigenvalue weighted by Gasteiger charge is -2.20. The highest BCUT2D eigenvalue weighted by Gasteiger charge is 2.15. The Bertz CT molecular complexity index is 417. The first-order valence-electron chi connectivity index (χ1n) is 6.50. The molecule has 1 saturated heterocycles. The van der Waals surface area contributed by atoms with Crippen molar-refractivity contribution in [3.63, 3.8) is 0 Å². The molecule has 0 atom stereocenters. The van der Waals surface area contributed by atoms with E-state index < -0.39 is 0 Å². The number of benzene rings is 1. The number of aliphatic imine (C=N–C) groups is 1. The van der Waals surface area contributed by atoms with Gasteiger partial charge in [-0.05, 0) is 30.9 Å². The quantitative estimate of drug-likeness (QED) is 0.498. The number of nitrogens with zero attached hydrogens (tertiary/aromatic N) is 2. The Morgan fingerprint density at radius 2 is 2.00 bits per heavy atom. The van der Waals surface area contributed by atoms with Gasteiger partial charge in [-0.15, -0.1) is 24.0 Å². The Hall–Kier alpha value is -0.850. The van der Waals surface area contributed by atoms with E-state index in [4.69, 9.17) is 0 Å². The van der Waals surface area contributed by atoms with Gasteiger partial charge in [0.2, 0.25) is 0 Å². The van der Waals surface area contributed by atoms with E-state index in [2.05, 4.69) is 15.2 Å². The number of nitrogens with one attached hydrogen (secondary N) is 1. The lowest BCUT2D eigenvalue weighted by molar-refractivity contribution is 0.493. The summed E-state index contributed by atoms with van der Waals surface area (Å²) in [6.45, 7) is 2.85. The molecule has 1 aliphatic rings. The molecule has 1 aromatic rings. The van der Waals surface area contributed by atoms with Crippen LogP contribution in [0.5, 0.6) is 0 Å². The van der Waals surface area contributed by atoms with E-state index in [-0.39, 0.29) is 29.8 Å². The van der Waals surface area contributed by atoms with Crippen molar-refractivity contribution in [1.29, 1.82) is 0 Å². The molecule has 1 N–H and O–H groups in total. The van der Waals surface area contributed by atoms with Gasteiger partial charge in [-0.2, -0.15) is 0 Å². The lowest BCUT2D eigenvalue weighted by atomic mass is 10.1. The SMILES string of the molecule is CN=C(NCCc1ccccc1F)N1CCCC1.I. The van der Waals surface area contributed by atoms with Crippen molar-refractivity contribution in [2.45, 2.75) is 19.3 Å². The second-order valence-corrected chi connectivity index (χ2v) is 4.51. The molecule has 1 heterocycles. The molecule has 106 valence electrons. The minimum absolute atomic E-state index is 0. The summed E-state index contributed by atoms with van der Waals surface area (Å²) < 4.78 is 13.4. The van der Waals surface area contributed by atoms with Crippen molar-refractivity contribution in [3.05, 3.63) is 35.6 Å². The number of guanidine groups is 1. The van der Waals surface area contributed by atoms with Crippen LogP contribution >= 0.6 is 24.0 Å². The van der Waals surface area contributed by atoms with Gasteiger partial charge in [-0.25, -0.2) is 4.39 Å². The fourth-order valence-electron chi connectivity index (χ4n) is 2.27. The van der Waals surface area contributed by atoms with Crippen LogP contribution < -0.4 is 5.32 Å². The van der Waals surface area contributed by atoms with Crippen molar-refractivity contribution in [1.82, 2.24) is 10.2 Å². The first-order chi connectivity index (χ1) is 8.81. The van der Waals surface area contributed by atoms with Crippen LogP contribution in [-0.2, 0) is 6.42 Å². The number of rotatable bonds is 3. The Morgan fingerprint density at radius 3 is 2.63 bits per heavy atom. The van der Waals surface area contributed by atoms with Gasteiger partial charge in [-0.3, -0.25) is 4.99 Å². The third kappa shape index (κ3) is 4.63. The van der Waals surface area contributed by atoms with Crippen LogP contribution in [0.25, 0.3) is 0 Å². The normalized spacial score (nSPS) is 15.3. The fraction of sp³-hybridized carbons (Fsp3) is 0.500. The Balaban J connectivity index is 0.00000180. The van der Waals surface area contributed by atoms with E-state index in [9.17, 15) is 4.39 Å². The molecule has 5 heteroatoms. The molecule has 0 amide bonds. The van der Waals surface area contributed by atoms with Gasteiger partial charge in [-0.1, -0.05) is 18.2 Å². The van der Waals surface area contributed by atoms with E-state index in [0.717, 1.165) is 24.6 Å². The molecule has 1 aromatic carbocycles. The molecule has 19 heavy (non-hydrogen) atoms. The van der Waals surface area contributed by atoms with E-state index in [1.54, 1.807) is 13.1 Å². The van der Waals surface area contributed by atoms with Crippen molar-refractivity contribution in [3.8, 4) is 0 Å². The lowest BCUT2D eigenvalue weighted by Crippen LogP contribution is -2.40. The van der Waals surface area contributed by atoms with Crippen LogP contribution in [0, 0.1) is 5.82 Å². The van der Waals surface area contributed by atoms with E-state index in [0.29, 0.717) is 13.0 Å². The molecule has 0 unspecified atom stereocenters. The zero-order valence-corrected chi connectivity index (χ0v) is 13.6. The second kappa shape index (κ2) is 8.35. The summed E-state index contributed by atoms with van der Waals surface area (Å²) >= 11 is 0. The molecular formula is C14H21FIN3. The monoisotopic (exact) mass is 377 g/mol. The van der Waals surface area contributed by atoms with Crippen molar-refractivity contribution in [2.24, 2.45) is 4.99 Å². The Labute approximate surface area is 131 Å². The van der Waals surface area contributed by atoms with Gasteiger partial charge in [0.05, 0.1) is 0 Å². The number of hydrogen-bond donors (Lipinski definition) is 1. The zero-order valence-electron chi connectivity index (χ0n) is 11.2. The summed E-state index contributed by atoms with van der Waals surface area (Å²) in [5.74, 6) is 0.805. The third-order valence-electron chi connectivity index (χ3n) is 3.25. The summed E-state index contributed by atoms with van der Waals surface area (Å²) in [6, 6.07) is 6.92. The maximum absolute atomic E-state index is 13.4. The highest BCUT2D eigenvalue weighted by Crippen LogP contribution is 2.08. The Morgan fingerprint density at radius 1 is 1.32 bits per heavy atom. The summed E-state index contributed by atoms with van der Waals surface area (Å²) in [5.41, 5.74) is 0.752. The maximum atomic E-state index is 13.4. The molecular weight excluding hydrogens is 356 g/mol. The predicted octanol–water partition coefficient (Wildman–Crippen LogP) is 2.66. The Kier molecular flexibility index (Phi) is 7.12. The van der Waals surface area contributed by atoms with Crippen molar-refractivity contribution in [2.75, 3.05) is 26.7 Å². The molecule has 0 spiro atoms. The topological polar surface area (TPSA) is 27.6 Å². The second-order valence-electron chi connectivity index (χ2n) is 4.51. The van der Waals surface area contributed by atoms with Crippen LogP contribution in [0.4, 0.5) is 4.39 Å². The van der Waals surface area contributed by atoms with Crippen molar-refractivity contribution < 1.29 is 4.39 Å². The molecule has 2 rings (SSSR count). The molecule has 0 aliphatic carbocycles. The number of halogens is 2. The molecule has 0 saturated carbocycles. The molecule has 0 radical (unpaired) electrons. The predicted molar refractivity (Wildman–Crippen MR) is 87.7 cm³/mol. The summed E-state index contributed by atoms with van der Waals surface area (Å²) in [7, 11) is 1.80. The standard InChI is InChI=1S/C14H20FN3.HI/c1-16-14(18-10-4-5-11-18)17-9-8-12-6-2-3-7-13(12)15;/h2-3,6-7H,4-5,8-11H2,1H3,(H,16,17);1H. The maximum Gasteiger partial charge on any atom is 0.193 e. The van der Waals surface area contributed by atoms with E-state index >= 15 is 0 Å². The first kappa shape index (κ1) is 16.2. The van der Waals surface area contributed by atoms with Crippen LogP contribution in [0.15, 0.2) is 29.3 Å². The van der Waals surface area contributed by atoms with E-state index in [1.807, 2.05) is 12.1 Å². The van der Waals surface area contributed by atoms with Crippen LogP contribution in [0.3, 0.4) is 0 Å². The first-order valence-corrected chi connectivity index (χ1v) is 6.50. The molecule has 3 nitrogen and oxygen atoms in total. The van der Waals surface area contributed by atoms with Gasteiger partial charge in [0.15, 0.2) is 5.96 Å². The fourth-order valence-corrected chi connectivity index (χ4v) is 2.27. The van der Waals surface area contributed by atoms with Gasteiger partial charge < -0.3 is 10.2 Å². The molecule has 1 fully saturated rings. The smallest absolute Gasteiger partial charge is 0.193 e. The number of likely N-dealkylation sites (tertiary alicyclic amines) is 1. The third-order valence-corrected chi connectivity index (χ3v) is 3.25. The van der Waals surface area contributed by atoms with E-state index in [1.165, 1.54) is 18.9 Å². The summed E-state index contributed by atoms with van der Waals surface area (Å²) in [4.78, 5) is 6.51. The van der Waals surface area contributed by atoms with Gasteiger partial charge in [0.25, 0.3) is 0 Å². The minimum Gasteiger partial charge on any atom is -0.356 e. The zero-order chi connectivity index (χ0) is 12.8. The average Bonchev–Trinajstić information content (AvgIpc) is 2.90. The highest BCUT2D eigenvalue weighted by molar-refractivity contribution is 14.0.